The summed E-state index contributed by atoms with van der Waals surface area (Å²) in [4.78, 5) is 11.9. The average Bonchev–Trinajstić information content (AvgIpc) is 2.79. The maximum atomic E-state index is 13.7. The van der Waals surface area contributed by atoms with Gasteiger partial charge in [-0.15, -0.1) is 0 Å². The van der Waals surface area contributed by atoms with Crippen LogP contribution in [0.4, 0.5) is 4.39 Å². The number of aromatic nitrogens is 4. The Labute approximate surface area is 119 Å². The lowest BCUT2D eigenvalue weighted by atomic mass is 10.2. The molecular formula is C12H15FN4O4. The van der Waals surface area contributed by atoms with E-state index in [4.69, 9.17) is 9.84 Å². The van der Waals surface area contributed by atoms with Crippen molar-refractivity contribution in [1.29, 1.82) is 0 Å². The molecule has 0 saturated carbocycles. The van der Waals surface area contributed by atoms with Crippen LogP contribution in [-0.4, -0.2) is 49.3 Å². The zero-order valence-electron chi connectivity index (χ0n) is 11.5. The molecule has 0 aliphatic carbocycles. The van der Waals surface area contributed by atoms with E-state index in [9.17, 15) is 14.3 Å². The molecule has 114 valence electrons. The number of benzene rings is 1. The van der Waals surface area contributed by atoms with Gasteiger partial charge in [0, 0.05) is 13.1 Å². The van der Waals surface area contributed by atoms with E-state index in [1.807, 2.05) is 0 Å². The summed E-state index contributed by atoms with van der Waals surface area (Å²) in [7, 11) is 1.43. The van der Waals surface area contributed by atoms with E-state index in [2.05, 4.69) is 10.4 Å². The highest BCUT2D eigenvalue weighted by molar-refractivity contribution is 5.48. The second-order valence-electron chi connectivity index (χ2n) is 4.51. The quantitative estimate of drug-likeness (QED) is 0.745. The minimum absolute atomic E-state index is 0.0215. The van der Waals surface area contributed by atoms with E-state index in [-0.39, 0.29) is 18.0 Å². The molecule has 21 heavy (non-hydrogen) atoms. The van der Waals surface area contributed by atoms with E-state index >= 15 is 0 Å². The second kappa shape index (κ2) is 6.02. The molecule has 1 aromatic carbocycles. The maximum Gasteiger partial charge on any atom is 0.368 e. The van der Waals surface area contributed by atoms with Crippen LogP contribution >= 0.6 is 0 Å². The molecule has 2 rings (SSSR count). The van der Waals surface area contributed by atoms with Crippen molar-refractivity contribution in [3.8, 4) is 11.4 Å². The zero-order valence-corrected chi connectivity index (χ0v) is 11.5. The molecule has 0 aliphatic heterocycles. The molecule has 1 aromatic heterocycles. The zero-order chi connectivity index (χ0) is 15.6. The van der Waals surface area contributed by atoms with E-state index in [1.165, 1.54) is 20.0 Å². The van der Waals surface area contributed by atoms with Gasteiger partial charge < -0.3 is 14.9 Å². The lowest BCUT2D eigenvalue weighted by Crippen LogP contribution is -2.24. The van der Waals surface area contributed by atoms with Gasteiger partial charge in [-0.25, -0.2) is 9.18 Å². The molecule has 0 aliphatic rings. The van der Waals surface area contributed by atoms with Crippen LogP contribution in [0.1, 0.15) is 5.56 Å². The number of halogens is 1. The lowest BCUT2D eigenvalue weighted by Gasteiger charge is -2.14. The molecule has 0 spiro atoms. The Morgan fingerprint density at radius 2 is 2.14 bits per heavy atom. The van der Waals surface area contributed by atoms with Crippen molar-refractivity contribution in [3.63, 3.8) is 0 Å². The number of tetrazole rings is 1. The normalized spacial score (nSPS) is 12.4. The van der Waals surface area contributed by atoms with Crippen LogP contribution in [0.2, 0.25) is 0 Å². The van der Waals surface area contributed by atoms with Crippen LogP contribution in [0.5, 0.6) is 5.75 Å². The Morgan fingerprint density at radius 1 is 1.43 bits per heavy atom. The molecule has 1 unspecified atom stereocenters. The van der Waals surface area contributed by atoms with Crippen LogP contribution in [0.25, 0.3) is 5.69 Å². The van der Waals surface area contributed by atoms with Crippen molar-refractivity contribution < 1.29 is 19.3 Å². The van der Waals surface area contributed by atoms with E-state index in [0.29, 0.717) is 5.56 Å². The second-order valence-corrected chi connectivity index (χ2v) is 4.51. The number of hydrogen-bond acceptors (Lipinski definition) is 6. The minimum Gasteiger partial charge on any atom is -0.488 e. The lowest BCUT2D eigenvalue weighted by molar-refractivity contribution is 0.0534. The van der Waals surface area contributed by atoms with Gasteiger partial charge in [0.15, 0.2) is 0 Å². The first-order valence-corrected chi connectivity index (χ1v) is 6.15. The number of aliphatic hydroxyl groups excluding tert-OH is 2. The predicted molar refractivity (Wildman–Crippen MR) is 69.9 cm³/mol. The molecule has 9 heteroatoms. The highest BCUT2D eigenvalue weighted by Gasteiger charge is 2.16. The fourth-order valence-corrected chi connectivity index (χ4v) is 1.63. The van der Waals surface area contributed by atoms with Gasteiger partial charge in [0.2, 0.25) is 0 Å². The van der Waals surface area contributed by atoms with E-state index in [0.717, 1.165) is 15.4 Å². The van der Waals surface area contributed by atoms with Crippen molar-refractivity contribution in [3.05, 3.63) is 34.0 Å². The average molecular weight is 298 g/mol. The highest BCUT2D eigenvalue weighted by atomic mass is 19.1. The summed E-state index contributed by atoms with van der Waals surface area (Å²) >= 11 is 0. The van der Waals surface area contributed by atoms with Gasteiger partial charge in [-0.2, -0.15) is 9.36 Å². The fraction of sp³-hybridized carbons (Fsp3) is 0.417. The van der Waals surface area contributed by atoms with Gasteiger partial charge in [-0.1, -0.05) is 0 Å². The number of aryl methyl sites for hydroxylation is 2. The van der Waals surface area contributed by atoms with Crippen LogP contribution in [-0.2, 0) is 7.05 Å². The first-order chi connectivity index (χ1) is 9.93. The van der Waals surface area contributed by atoms with Gasteiger partial charge in [-0.3, -0.25) is 0 Å². The third-order valence-electron chi connectivity index (χ3n) is 2.83. The molecule has 8 nitrogen and oxygen atoms in total. The van der Waals surface area contributed by atoms with Gasteiger partial charge in [0.25, 0.3) is 0 Å². The topological polar surface area (TPSA) is 102 Å². The molecule has 0 saturated heterocycles. The van der Waals surface area contributed by atoms with Crippen LogP contribution in [0.15, 0.2) is 16.9 Å². The Hall–Kier alpha value is -2.26. The van der Waals surface area contributed by atoms with Crippen molar-refractivity contribution in [2.24, 2.45) is 7.05 Å². The van der Waals surface area contributed by atoms with Gasteiger partial charge >= 0.3 is 5.69 Å². The van der Waals surface area contributed by atoms with Gasteiger partial charge in [0.05, 0.1) is 6.61 Å². The molecule has 0 bridgehead atoms. The molecule has 0 amide bonds. The number of rotatable bonds is 5. The number of nitrogens with zero attached hydrogens (tertiary/aromatic N) is 4. The Kier molecular flexibility index (Phi) is 4.34. The predicted octanol–water partition coefficient (Wildman–Crippen LogP) is -0.854. The SMILES string of the molecule is Cc1cc(-n2nnn(C)c2=O)c(OCC(O)CO)cc1F. The van der Waals surface area contributed by atoms with Crippen molar-refractivity contribution in [2.45, 2.75) is 13.0 Å². The van der Waals surface area contributed by atoms with Crippen LogP contribution < -0.4 is 10.4 Å². The molecule has 2 N–H and O–H groups in total. The molecular weight excluding hydrogens is 283 g/mol. The number of hydrogen-bond donors (Lipinski definition) is 2. The summed E-state index contributed by atoms with van der Waals surface area (Å²) in [5, 5.41) is 25.3. The van der Waals surface area contributed by atoms with Gasteiger partial charge in [0.1, 0.15) is 30.0 Å². The summed E-state index contributed by atoms with van der Waals surface area (Å²) in [6, 6.07) is 2.49. The largest absolute Gasteiger partial charge is 0.488 e. The molecule has 1 heterocycles. The molecule has 0 fully saturated rings. The molecule has 1 atom stereocenters. The fourth-order valence-electron chi connectivity index (χ4n) is 1.63. The summed E-state index contributed by atoms with van der Waals surface area (Å²) in [6.07, 6.45) is -1.11. The first kappa shape index (κ1) is 15.1. The maximum absolute atomic E-state index is 13.7. The summed E-state index contributed by atoms with van der Waals surface area (Å²) in [5.74, 6) is -0.502. The third-order valence-corrected chi connectivity index (χ3v) is 2.83. The Bertz CT molecular complexity index is 697. The molecule has 2 aromatic rings. The van der Waals surface area contributed by atoms with Gasteiger partial charge in [-0.05, 0) is 29.0 Å². The van der Waals surface area contributed by atoms with Crippen molar-refractivity contribution >= 4 is 0 Å². The van der Waals surface area contributed by atoms with E-state index in [1.54, 1.807) is 0 Å². The highest BCUT2D eigenvalue weighted by Crippen LogP contribution is 2.25. The van der Waals surface area contributed by atoms with Crippen molar-refractivity contribution in [2.75, 3.05) is 13.2 Å². The summed E-state index contributed by atoms with van der Waals surface area (Å²) in [5.41, 5.74) is -0.0108. The minimum atomic E-state index is -1.11. The van der Waals surface area contributed by atoms with Crippen molar-refractivity contribution in [1.82, 2.24) is 19.8 Å². The number of ether oxygens (including phenoxy) is 1. The molecule has 0 radical (unpaired) electrons. The standard InChI is InChI=1S/C12H15FN4O4/c1-7-3-10(17-12(20)16(2)14-15-17)11(4-9(7)13)21-6-8(19)5-18/h3-4,8,18-19H,5-6H2,1-2H3. The first-order valence-electron chi connectivity index (χ1n) is 6.15. The monoisotopic (exact) mass is 298 g/mol. The number of aliphatic hydroxyl groups is 2. The summed E-state index contributed by atoms with van der Waals surface area (Å²) in [6.45, 7) is 0.794. The van der Waals surface area contributed by atoms with Crippen LogP contribution in [0, 0.1) is 12.7 Å². The summed E-state index contributed by atoms with van der Waals surface area (Å²) < 4.78 is 20.9. The Morgan fingerprint density at radius 3 is 2.71 bits per heavy atom. The Balaban J connectivity index is 2.46. The van der Waals surface area contributed by atoms with Crippen LogP contribution in [0.3, 0.4) is 0 Å². The smallest absolute Gasteiger partial charge is 0.368 e. The van der Waals surface area contributed by atoms with E-state index < -0.39 is 24.2 Å². The third kappa shape index (κ3) is 3.09.